The number of nitrogens with zero attached hydrogens (tertiary/aromatic N) is 2. The van der Waals surface area contributed by atoms with Crippen LogP contribution in [0, 0.1) is 35.5 Å². The molecular weight excluding hydrogens is 879 g/mol. The van der Waals surface area contributed by atoms with E-state index in [-0.39, 0.29) is 115 Å². The summed E-state index contributed by atoms with van der Waals surface area (Å²) in [6.45, 7) is 13.4. The number of hydrogen-bond acceptors (Lipinski definition) is 11. The molecule has 6 aliphatic rings. The number of esters is 2. The van der Waals surface area contributed by atoms with Crippen LogP contribution in [0.5, 0.6) is 0 Å². The smallest absolute Gasteiger partial charge is 0.320 e. The minimum absolute atomic E-state index is 0. The molecule has 3 saturated heterocycles. The van der Waals surface area contributed by atoms with Crippen LogP contribution >= 0.6 is 0 Å². The monoisotopic (exact) mass is 956 g/mol. The number of hydrogen-bond donors (Lipinski definition) is 0. The van der Waals surface area contributed by atoms with E-state index in [2.05, 4.69) is 37.1 Å². The zero-order chi connectivity index (χ0) is 42.3. The lowest BCUT2D eigenvalue weighted by molar-refractivity contribution is -0.913. The quantitative estimate of drug-likeness (QED) is 0.0792. The molecule has 0 N–H and O–H groups in total. The minimum Gasteiger partial charge on any atom is -1.00 e. The molecule has 6 rings (SSSR count). The first-order valence-electron chi connectivity index (χ1n) is 23.2. The van der Waals surface area contributed by atoms with Crippen LogP contribution in [0.25, 0.3) is 0 Å². The van der Waals surface area contributed by atoms with Crippen LogP contribution in [0.4, 0.5) is 0 Å². The molecule has 0 bridgehead atoms. The van der Waals surface area contributed by atoms with Crippen LogP contribution in [0.15, 0.2) is 23.8 Å². The summed E-state index contributed by atoms with van der Waals surface area (Å²) in [6, 6.07) is 0. The maximum atomic E-state index is 14.7. The van der Waals surface area contributed by atoms with Crippen LogP contribution in [-0.2, 0) is 47.5 Å². The van der Waals surface area contributed by atoms with Gasteiger partial charge in [-0.3, -0.25) is 19.3 Å². The lowest BCUT2D eigenvalue weighted by atomic mass is 9.70. The van der Waals surface area contributed by atoms with E-state index in [0.717, 1.165) is 43.5 Å². The molecule has 12 nitrogen and oxygen atoms in total. The number of piperazine rings is 1. The average molecular weight is 957 g/mol. The Hall–Kier alpha value is -1.46. The van der Waals surface area contributed by atoms with E-state index in [1.807, 2.05) is 20.8 Å². The average Bonchev–Trinajstić information content (AvgIpc) is 3.80. The number of ether oxygens (including phenoxy) is 7. The lowest BCUT2D eigenvalue weighted by Gasteiger charge is -2.44. The number of ketones is 1. The first-order chi connectivity index (χ1) is 28.4. The van der Waals surface area contributed by atoms with Gasteiger partial charge in [-0.2, -0.15) is 0 Å². The number of carbonyl (C=O) groups is 3. The third-order valence-electron chi connectivity index (χ3n) is 15.0. The highest BCUT2D eigenvalue weighted by molar-refractivity contribution is 5.99. The number of allylic oxidation sites excluding steroid dienone is 4. The minimum atomic E-state index is -0.615. The summed E-state index contributed by atoms with van der Waals surface area (Å²) in [5, 5.41) is 0. The van der Waals surface area contributed by atoms with Gasteiger partial charge in [0.05, 0.1) is 57.8 Å². The van der Waals surface area contributed by atoms with Gasteiger partial charge in [-0.05, 0) is 87.5 Å². The number of rotatable bonds is 15. The van der Waals surface area contributed by atoms with Crippen LogP contribution in [0.3, 0.4) is 0 Å². The standard InChI is InChI=1S/C47H77N2O10.HI/c1-9-11-12-13-14-22-49(5)23-20-48(21-24-49)29-42(51)59-40-17-15-16-33(10-2)57-41(50)28-38-35-19-18-32-25-34(26-36(32)37(35)27-39(38)43(52)30(40)3)58-47-46(55-8)45(54-7)44(53-6)31(4)56-47;/h18-19,27,30-38,40,44-47H,9-17,20-26,28-29H2,1-8H3;1H/q+1;/p-1/t30-,31+,32-,33+,34-,35-,36-,37-,38+,40+,44+,45-,46-,47+;/m1./s1. The predicted molar refractivity (Wildman–Crippen MR) is 224 cm³/mol. The molecule has 0 aromatic rings. The Kier molecular flexibility index (Phi) is 18.9. The van der Waals surface area contributed by atoms with Crippen molar-refractivity contribution in [3.05, 3.63) is 23.8 Å². The Morgan fingerprint density at radius 1 is 0.900 bits per heavy atom. The predicted octanol–water partition coefficient (Wildman–Crippen LogP) is 3.30. The number of carbonyl (C=O) groups excluding carboxylic acids is 3. The second-order valence-corrected chi connectivity index (χ2v) is 19.0. The van der Waals surface area contributed by atoms with Gasteiger partial charge in [0, 0.05) is 40.3 Å². The van der Waals surface area contributed by atoms with Crippen molar-refractivity contribution in [1.82, 2.24) is 4.90 Å². The highest BCUT2D eigenvalue weighted by Crippen LogP contribution is 2.54. The Morgan fingerprint density at radius 3 is 2.30 bits per heavy atom. The van der Waals surface area contributed by atoms with E-state index in [4.69, 9.17) is 33.2 Å². The molecule has 0 amide bonds. The Labute approximate surface area is 377 Å². The van der Waals surface area contributed by atoms with Gasteiger partial charge in [-0.1, -0.05) is 58.3 Å². The van der Waals surface area contributed by atoms with Crippen LogP contribution in [-0.4, -0.2) is 144 Å². The lowest BCUT2D eigenvalue weighted by Crippen LogP contribution is -3.00. The fourth-order valence-corrected chi connectivity index (χ4v) is 11.3. The van der Waals surface area contributed by atoms with Crippen LogP contribution in [0.2, 0.25) is 0 Å². The van der Waals surface area contributed by atoms with Gasteiger partial charge in [0.2, 0.25) is 0 Å². The van der Waals surface area contributed by atoms with Crippen molar-refractivity contribution in [2.75, 3.05) is 67.6 Å². The summed E-state index contributed by atoms with van der Waals surface area (Å²) in [7, 11) is 7.30. The number of unbranched alkanes of at least 4 members (excludes halogenated alkanes) is 4. The summed E-state index contributed by atoms with van der Waals surface area (Å²) >= 11 is 0. The number of cyclic esters (lactones) is 1. The maximum absolute atomic E-state index is 14.7. The highest BCUT2D eigenvalue weighted by Gasteiger charge is 2.52. The van der Waals surface area contributed by atoms with Crippen molar-refractivity contribution >= 4 is 17.7 Å². The first-order valence-corrected chi connectivity index (χ1v) is 23.2. The molecule has 4 fully saturated rings. The van der Waals surface area contributed by atoms with Crippen molar-refractivity contribution in [2.24, 2.45) is 35.5 Å². The fraction of sp³-hybridized carbons (Fsp3) is 0.851. The van der Waals surface area contributed by atoms with Crippen molar-refractivity contribution < 1.29 is 76.0 Å². The second-order valence-electron chi connectivity index (χ2n) is 19.0. The van der Waals surface area contributed by atoms with Gasteiger partial charge in [0.15, 0.2) is 12.1 Å². The van der Waals surface area contributed by atoms with E-state index in [0.29, 0.717) is 31.3 Å². The van der Waals surface area contributed by atoms with E-state index < -0.39 is 24.4 Å². The summed E-state index contributed by atoms with van der Waals surface area (Å²) in [6.07, 6.45) is 14.7. The second kappa shape index (κ2) is 22.9. The third kappa shape index (κ3) is 11.8. The van der Waals surface area contributed by atoms with Gasteiger partial charge in [0.1, 0.15) is 30.5 Å². The molecule has 3 aliphatic carbocycles. The molecule has 0 aromatic carbocycles. The third-order valence-corrected chi connectivity index (χ3v) is 15.0. The van der Waals surface area contributed by atoms with Gasteiger partial charge >= 0.3 is 11.9 Å². The van der Waals surface area contributed by atoms with Crippen LogP contribution in [0.1, 0.15) is 105 Å². The molecule has 342 valence electrons. The van der Waals surface area contributed by atoms with Gasteiger partial charge in [-0.25, -0.2) is 0 Å². The van der Waals surface area contributed by atoms with Crippen molar-refractivity contribution in [1.29, 1.82) is 0 Å². The molecule has 0 aromatic heterocycles. The number of methoxy groups -OCH3 is 3. The fourth-order valence-electron chi connectivity index (χ4n) is 11.3. The SMILES string of the molecule is CCCCCCC[N+]1(C)CCN(CC(=O)O[C@H]2CCC[C@H](CC)OC(=O)C[C@@H]3C(=C[C@@H]4[C@H]3C=C[C@@H]3C[C@@H](O[C@@H]5O[C@@H](C)[C@H](OC)[C@@H](OC)[C@H]5OC)C[C@@H]43)C(=O)[C@@H]2C)CC1.[I-]. The van der Waals surface area contributed by atoms with Gasteiger partial charge in [-0.15, -0.1) is 0 Å². The summed E-state index contributed by atoms with van der Waals surface area (Å²) in [5.74, 6) is -0.780. The van der Waals surface area contributed by atoms with Crippen LogP contribution < -0.4 is 24.0 Å². The molecule has 0 spiro atoms. The zero-order valence-electron chi connectivity index (χ0n) is 37.9. The summed E-state index contributed by atoms with van der Waals surface area (Å²) in [4.78, 5) is 44.1. The zero-order valence-corrected chi connectivity index (χ0v) is 40.1. The van der Waals surface area contributed by atoms with E-state index in [1.54, 1.807) is 21.3 Å². The summed E-state index contributed by atoms with van der Waals surface area (Å²) in [5.41, 5.74) is 0.689. The molecule has 13 heteroatoms. The molecule has 0 radical (unpaired) electrons. The molecule has 60 heavy (non-hydrogen) atoms. The van der Waals surface area contributed by atoms with E-state index in [1.165, 1.54) is 38.6 Å². The number of likely N-dealkylation sites (N-methyl/N-ethyl adjacent to an activating group) is 1. The van der Waals surface area contributed by atoms with E-state index in [9.17, 15) is 14.4 Å². The molecule has 1 saturated carbocycles. The highest BCUT2D eigenvalue weighted by atomic mass is 127. The van der Waals surface area contributed by atoms with Crippen molar-refractivity contribution in [3.63, 3.8) is 0 Å². The van der Waals surface area contributed by atoms with Crippen molar-refractivity contribution in [2.45, 2.75) is 154 Å². The van der Waals surface area contributed by atoms with Gasteiger partial charge in [0.25, 0.3) is 0 Å². The largest absolute Gasteiger partial charge is 1.00 e. The Balaban J connectivity index is 0.00000683. The molecular formula is C47H77IN2O10. The Bertz CT molecular complexity index is 1470. The van der Waals surface area contributed by atoms with E-state index >= 15 is 0 Å². The number of fused-ring (bicyclic) bond motifs is 5. The summed E-state index contributed by atoms with van der Waals surface area (Å²) < 4.78 is 43.8. The van der Waals surface area contributed by atoms with Gasteiger partial charge < -0.3 is 61.6 Å². The number of Topliss-reactive ketones (excluding diaryl/α,β-unsaturated/α-hetero) is 1. The normalized spacial score (nSPS) is 38.3. The number of halogens is 1. The molecule has 0 unspecified atom stereocenters. The topological polar surface area (TPSA) is 119 Å². The maximum Gasteiger partial charge on any atom is 0.320 e. The first kappa shape index (κ1) is 49.6. The molecule has 3 aliphatic heterocycles. The van der Waals surface area contributed by atoms with Crippen molar-refractivity contribution in [3.8, 4) is 0 Å². The molecule has 3 heterocycles. The molecule has 14 atom stereocenters. The number of quaternary nitrogens is 1. The Morgan fingerprint density at radius 2 is 1.62 bits per heavy atom.